The number of hydrogen-bond donors (Lipinski definition) is 2. The summed E-state index contributed by atoms with van der Waals surface area (Å²) >= 11 is 5.85. The molecular weight excluding hydrogens is 232 g/mol. The topological polar surface area (TPSA) is 79.3 Å². The summed E-state index contributed by atoms with van der Waals surface area (Å²) in [5, 5.41) is 11.2. The molecule has 0 unspecified atom stereocenters. The summed E-state index contributed by atoms with van der Waals surface area (Å²) in [5.41, 5.74) is 0.963. The van der Waals surface area contributed by atoms with Gasteiger partial charge < -0.3 is 10.4 Å². The van der Waals surface area contributed by atoms with Crippen LogP contribution in [0, 0.1) is 6.92 Å². The van der Waals surface area contributed by atoms with Crippen LogP contribution in [-0.2, 0) is 4.79 Å². The fraction of sp³-hybridized carbons (Fsp3) is 0.300. The Kier molecular flexibility index (Phi) is 4.25. The highest BCUT2D eigenvalue weighted by Gasteiger charge is 2.10. The molecule has 0 aliphatic heterocycles. The number of aromatic nitrogens is 1. The van der Waals surface area contributed by atoms with Crippen LogP contribution in [0.25, 0.3) is 0 Å². The quantitative estimate of drug-likeness (QED) is 0.833. The number of amides is 1. The van der Waals surface area contributed by atoms with E-state index in [1.54, 1.807) is 13.0 Å². The van der Waals surface area contributed by atoms with Crippen LogP contribution in [0.5, 0.6) is 0 Å². The summed E-state index contributed by atoms with van der Waals surface area (Å²) in [7, 11) is 0. The first-order valence-electron chi connectivity index (χ1n) is 4.63. The van der Waals surface area contributed by atoms with E-state index in [0.717, 1.165) is 0 Å². The van der Waals surface area contributed by atoms with E-state index in [1.165, 1.54) is 6.20 Å². The molecular formula is C10H11ClN2O3. The number of nitrogens with one attached hydrogen (secondary N) is 1. The maximum atomic E-state index is 11.5. The highest BCUT2D eigenvalue weighted by Crippen LogP contribution is 2.15. The van der Waals surface area contributed by atoms with Crippen LogP contribution in [0.3, 0.4) is 0 Å². The molecule has 2 N–H and O–H groups in total. The predicted molar refractivity (Wildman–Crippen MR) is 58.6 cm³/mol. The van der Waals surface area contributed by atoms with Gasteiger partial charge in [-0.05, 0) is 13.0 Å². The predicted octanol–water partition coefficient (Wildman–Crippen LogP) is 1.25. The van der Waals surface area contributed by atoms with Crippen LogP contribution in [0.2, 0.25) is 5.02 Å². The molecule has 0 aliphatic carbocycles. The summed E-state index contributed by atoms with van der Waals surface area (Å²) in [6.45, 7) is 1.83. The molecule has 86 valence electrons. The third-order valence-electron chi connectivity index (χ3n) is 1.86. The Morgan fingerprint density at radius 3 is 2.81 bits per heavy atom. The first-order chi connectivity index (χ1) is 7.50. The van der Waals surface area contributed by atoms with Crippen molar-refractivity contribution in [3.8, 4) is 0 Å². The van der Waals surface area contributed by atoms with Gasteiger partial charge in [0.25, 0.3) is 5.91 Å². The third kappa shape index (κ3) is 3.51. The van der Waals surface area contributed by atoms with E-state index in [9.17, 15) is 9.59 Å². The van der Waals surface area contributed by atoms with Crippen molar-refractivity contribution in [2.24, 2.45) is 0 Å². The van der Waals surface area contributed by atoms with Crippen LogP contribution >= 0.6 is 11.6 Å². The van der Waals surface area contributed by atoms with Gasteiger partial charge in [-0.25, -0.2) is 0 Å². The van der Waals surface area contributed by atoms with Crippen molar-refractivity contribution in [2.75, 3.05) is 6.54 Å². The SMILES string of the molecule is Cc1cc(Cl)c(C(=O)NCCC(=O)O)cn1. The Bertz CT molecular complexity index is 421. The van der Waals surface area contributed by atoms with Crippen molar-refractivity contribution >= 4 is 23.5 Å². The molecule has 0 aliphatic rings. The second kappa shape index (κ2) is 5.46. The molecule has 0 spiro atoms. The highest BCUT2D eigenvalue weighted by atomic mass is 35.5. The number of carbonyl (C=O) groups is 2. The van der Waals surface area contributed by atoms with Crippen molar-refractivity contribution < 1.29 is 14.7 Å². The Morgan fingerprint density at radius 1 is 1.56 bits per heavy atom. The normalized spacial score (nSPS) is 9.88. The zero-order valence-corrected chi connectivity index (χ0v) is 9.41. The number of hydrogen-bond acceptors (Lipinski definition) is 3. The maximum absolute atomic E-state index is 11.5. The standard InChI is InChI=1S/C10H11ClN2O3/c1-6-4-8(11)7(5-13-6)10(16)12-3-2-9(14)15/h4-5H,2-3H2,1H3,(H,12,16)(H,14,15). The number of aryl methyl sites for hydroxylation is 1. The van der Waals surface area contributed by atoms with E-state index < -0.39 is 11.9 Å². The number of rotatable bonds is 4. The lowest BCUT2D eigenvalue weighted by Crippen LogP contribution is -2.26. The van der Waals surface area contributed by atoms with Crippen LogP contribution in [-0.4, -0.2) is 28.5 Å². The minimum atomic E-state index is -0.964. The van der Waals surface area contributed by atoms with Gasteiger partial charge in [0.15, 0.2) is 0 Å². The molecule has 0 fully saturated rings. The molecule has 1 heterocycles. The van der Waals surface area contributed by atoms with Gasteiger partial charge in [-0.1, -0.05) is 11.6 Å². The largest absolute Gasteiger partial charge is 0.481 e. The van der Waals surface area contributed by atoms with Crippen molar-refractivity contribution in [1.29, 1.82) is 0 Å². The zero-order chi connectivity index (χ0) is 12.1. The Morgan fingerprint density at radius 2 is 2.25 bits per heavy atom. The number of aliphatic carboxylic acids is 1. The smallest absolute Gasteiger partial charge is 0.305 e. The minimum Gasteiger partial charge on any atom is -0.481 e. The van der Waals surface area contributed by atoms with E-state index >= 15 is 0 Å². The maximum Gasteiger partial charge on any atom is 0.305 e. The van der Waals surface area contributed by atoms with Crippen LogP contribution < -0.4 is 5.32 Å². The molecule has 5 nitrogen and oxygen atoms in total. The fourth-order valence-corrected chi connectivity index (χ4v) is 1.36. The van der Waals surface area contributed by atoms with Gasteiger partial charge in [-0.2, -0.15) is 0 Å². The van der Waals surface area contributed by atoms with Gasteiger partial charge in [0.05, 0.1) is 17.0 Å². The molecule has 6 heteroatoms. The van der Waals surface area contributed by atoms with E-state index in [2.05, 4.69) is 10.3 Å². The van der Waals surface area contributed by atoms with Crippen LogP contribution in [0.1, 0.15) is 22.5 Å². The number of nitrogens with zero attached hydrogens (tertiary/aromatic N) is 1. The van der Waals surface area contributed by atoms with Gasteiger partial charge in [-0.15, -0.1) is 0 Å². The van der Waals surface area contributed by atoms with E-state index in [4.69, 9.17) is 16.7 Å². The monoisotopic (exact) mass is 242 g/mol. The average Bonchev–Trinajstić information content (AvgIpc) is 2.16. The lowest BCUT2D eigenvalue weighted by Gasteiger charge is -2.05. The van der Waals surface area contributed by atoms with Gasteiger partial charge in [0.1, 0.15) is 0 Å². The minimum absolute atomic E-state index is 0.0678. The Balaban J connectivity index is 2.63. The van der Waals surface area contributed by atoms with E-state index in [1.807, 2.05) is 0 Å². The molecule has 16 heavy (non-hydrogen) atoms. The fourth-order valence-electron chi connectivity index (χ4n) is 1.07. The van der Waals surface area contributed by atoms with Crippen molar-refractivity contribution in [1.82, 2.24) is 10.3 Å². The molecule has 1 amide bonds. The molecule has 0 saturated carbocycles. The second-order valence-electron chi connectivity index (χ2n) is 3.21. The Labute approximate surface area is 97.4 Å². The molecule has 0 bridgehead atoms. The van der Waals surface area contributed by atoms with Gasteiger partial charge in [0, 0.05) is 18.4 Å². The van der Waals surface area contributed by atoms with Gasteiger partial charge >= 0.3 is 5.97 Å². The lowest BCUT2D eigenvalue weighted by molar-refractivity contribution is -0.136. The number of carboxylic acids is 1. The van der Waals surface area contributed by atoms with Crippen LogP contribution in [0.4, 0.5) is 0 Å². The molecule has 1 aromatic heterocycles. The zero-order valence-electron chi connectivity index (χ0n) is 8.66. The van der Waals surface area contributed by atoms with Gasteiger partial charge in [-0.3, -0.25) is 14.6 Å². The lowest BCUT2D eigenvalue weighted by atomic mass is 10.2. The van der Waals surface area contributed by atoms with E-state index in [-0.39, 0.29) is 18.5 Å². The van der Waals surface area contributed by atoms with Gasteiger partial charge in [0.2, 0.25) is 0 Å². The van der Waals surface area contributed by atoms with Crippen molar-refractivity contribution in [3.63, 3.8) is 0 Å². The number of carbonyl (C=O) groups excluding carboxylic acids is 1. The van der Waals surface area contributed by atoms with Crippen molar-refractivity contribution in [2.45, 2.75) is 13.3 Å². The highest BCUT2D eigenvalue weighted by molar-refractivity contribution is 6.33. The molecule has 1 aromatic rings. The van der Waals surface area contributed by atoms with E-state index in [0.29, 0.717) is 10.7 Å². The molecule has 1 rings (SSSR count). The van der Waals surface area contributed by atoms with Crippen LogP contribution in [0.15, 0.2) is 12.3 Å². The Hall–Kier alpha value is -1.62. The summed E-state index contributed by atoms with van der Waals surface area (Å²) < 4.78 is 0. The summed E-state index contributed by atoms with van der Waals surface area (Å²) in [6.07, 6.45) is 1.25. The first kappa shape index (κ1) is 12.4. The number of pyridine rings is 1. The van der Waals surface area contributed by atoms with Crippen molar-refractivity contribution in [3.05, 3.63) is 28.5 Å². The molecule has 0 aromatic carbocycles. The molecule has 0 radical (unpaired) electrons. The summed E-state index contributed by atoms with van der Waals surface area (Å²) in [6, 6.07) is 1.58. The summed E-state index contributed by atoms with van der Waals surface area (Å²) in [5.74, 6) is -1.38. The second-order valence-corrected chi connectivity index (χ2v) is 3.61. The number of halogens is 1. The summed E-state index contributed by atoms with van der Waals surface area (Å²) in [4.78, 5) is 25.7. The number of carboxylic acid groups (broad SMARTS) is 1. The molecule has 0 saturated heterocycles. The molecule has 0 atom stereocenters. The average molecular weight is 243 g/mol. The first-order valence-corrected chi connectivity index (χ1v) is 5.00. The third-order valence-corrected chi connectivity index (χ3v) is 2.17.